The summed E-state index contributed by atoms with van der Waals surface area (Å²) in [5.41, 5.74) is 2.46. The summed E-state index contributed by atoms with van der Waals surface area (Å²) in [4.78, 5) is 6.00. The van der Waals surface area contributed by atoms with E-state index in [2.05, 4.69) is 59.8 Å². The molecule has 1 aliphatic rings. The number of benzene rings is 2. The Morgan fingerprint density at radius 2 is 1.81 bits per heavy atom. The van der Waals surface area contributed by atoms with Crippen molar-refractivity contribution in [1.82, 2.24) is 10.2 Å². The van der Waals surface area contributed by atoms with E-state index in [9.17, 15) is 0 Å². The van der Waals surface area contributed by atoms with Crippen LogP contribution in [0.1, 0.15) is 25.8 Å². The van der Waals surface area contributed by atoms with Crippen molar-refractivity contribution in [1.29, 1.82) is 0 Å². The Balaban J connectivity index is 1.77. The van der Waals surface area contributed by atoms with Gasteiger partial charge in [-0.25, -0.2) is 0 Å². The highest BCUT2D eigenvalue weighted by molar-refractivity contribution is 7.80. The molecule has 1 N–H and O–H groups in total. The Kier molecular flexibility index (Phi) is 7.05. The zero-order chi connectivity index (χ0) is 19.2. The summed E-state index contributed by atoms with van der Waals surface area (Å²) < 4.78 is 6.13. The van der Waals surface area contributed by atoms with Gasteiger partial charge in [0.15, 0.2) is 0 Å². The Morgan fingerprint density at radius 1 is 1.04 bits per heavy atom. The molecule has 3 rings (SSSR count). The van der Waals surface area contributed by atoms with Gasteiger partial charge in [0.05, 0.1) is 0 Å². The molecule has 0 aliphatic carbocycles. The van der Waals surface area contributed by atoms with Crippen LogP contribution in [0.5, 0.6) is 11.5 Å². The molecular formula is C22H31N3OS. The molecule has 146 valence electrons. The lowest BCUT2D eigenvalue weighted by atomic mass is 10.1. The second kappa shape index (κ2) is 9.49. The molecule has 2 aromatic carbocycles. The van der Waals surface area contributed by atoms with Gasteiger partial charge < -0.3 is 15.0 Å². The highest BCUT2D eigenvalue weighted by Crippen LogP contribution is 2.30. The molecule has 0 atom stereocenters. The highest BCUT2D eigenvalue weighted by Gasteiger charge is 2.18. The van der Waals surface area contributed by atoms with Gasteiger partial charge in [-0.2, -0.15) is 0 Å². The molecule has 1 heterocycles. The van der Waals surface area contributed by atoms with Crippen molar-refractivity contribution in [2.45, 2.75) is 37.8 Å². The number of thiol groups is 1. The molecule has 1 saturated heterocycles. The zero-order valence-corrected chi connectivity index (χ0v) is 17.5. The number of nitrogens with zero attached hydrogens (tertiary/aromatic N) is 2. The molecule has 0 radical (unpaired) electrons. The van der Waals surface area contributed by atoms with Crippen LogP contribution in [0.4, 0.5) is 5.69 Å². The zero-order valence-electron chi connectivity index (χ0n) is 16.6. The summed E-state index contributed by atoms with van der Waals surface area (Å²) in [6.45, 7) is 9.82. The summed E-state index contributed by atoms with van der Waals surface area (Å²) in [6.07, 6.45) is 1.20. The molecule has 1 aliphatic heterocycles. The first-order chi connectivity index (χ1) is 13.1. The molecule has 0 saturated carbocycles. The third-order valence-electron chi connectivity index (χ3n) is 5.10. The standard InChI is InChI=1S/C22H31N3OS/c1-17(2)24-11-4-12-25(14-13-24)19-5-10-22(18(15-19)16-23-3)26-20-6-8-21(27)9-7-20/h5-10,15,17,23,27H,4,11-14,16H2,1-3H3. The quantitative estimate of drug-likeness (QED) is 0.721. The van der Waals surface area contributed by atoms with Crippen molar-refractivity contribution in [2.75, 3.05) is 38.1 Å². The van der Waals surface area contributed by atoms with E-state index in [1.165, 1.54) is 24.2 Å². The maximum absolute atomic E-state index is 6.13. The van der Waals surface area contributed by atoms with Crippen LogP contribution in [0, 0.1) is 0 Å². The van der Waals surface area contributed by atoms with Crippen LogP contribution in [0.25, 0.3) is 0 Å². The van der Waals surface area contributed by atoms with E-state index >= 15 is 0 Å². The van der Waals surface area contributed by atoms with Gasteiger partial charge in [0, 0.05) is 54.9 Å². The predicted octanol–water partition coefficient (Wildman–Crippen LogP) is 4.41. The molecule has 1 fully saturated rings. The third kappa shape index (κ3) is 5.41. The molecular weight excluding hydrogens is 354 g/mol. The van der Waals surface area contributed by atoms with E-state index in [-0.39, 0.29) is 0 Å². The summed E-state index contributed by atoms with van der Waals surface area (Å²) >= 11 is 4.34. The molecule has 0 spiro atoms. The van der Waals surface area contributed by atoms with E-state index < -0.39 is 0 Å². The molecule has 27 heavy (non-hydrogen) atoms. The highest BCUT2D eigenvalue weighted by atomic mass is 32.1. The van der Waals surface area contributed by atoms with Crippen LogP contribution >= 0.6 is 12.6 Å². The lowest BCUT2D eigenvalue weighted by Gasteiger charge is -2.26. The van der Waals surface area contributed by atoms with Gasteiger partial charge >= 0.3 is 0 Å². The summed E-state index contributed by atoms with van der Waals surface area (Å²) in [5.74, 6) is 1.74. The minimum Gasteiger partial charge on any atom is -0.457 e. The fourth-order valence-corrected chi connectivity index (χ4v) is 3.69. The Labute approximate surface area is 168 Å². The smallest absolute Gasteiger partial charge is 0.132 e. The second-order valence-corrected chi connectivity index (χ2v) is 7.91. The van der Waals surface area contributed by atoms with E-state index in [1.807, 2.05) is 31.3 Å². The summed E-state index contributed by atoms with van der Waals surface area (Å²) in [6, 6.07) is 15.0. The van der Waals surface area contributed by atoms with E-state index in [4.69, 9.17) is 4.74 Å². The lowest BCUT2D eigenvalue weighted by molar-refractivity contribution is 0.238. The molecule has 0 bridgehead atoms. The minimum absolute atomic E-state index is 0.615. The topological polar surface area (TPSA) is 27.7 Å². The number of hydrogen-bond donors (Lipinski definition) is 2. The average molecular weight is 386 g/mol. The molecule has 5 heteroatoms. The summed E-state index contributed by atoms with van der Waals surface area (Å²) in [5, 5.41) is 3.26. The van der Waals surface area contributed by atoms with Crippen LogP contribution in [0.15, 0.2) is 47.4 Å². The fourth-order valence-electron chi connectivity index (χ4n) is 3.54. The molecule has 4 nitrogen and oxygen atoms in total. The maximum Gasteiger partial charge on any atom is 0.132 e. The van der Waals surface area contributed by atoms with E-state index in [0.717, 1.165) is 42.6 Å². The van der Waals surface area contributed by atoms with E-state index in [0.29, 0.717) is 6.04 Å². The number of hydrogen-bond acceptors (Lipinski definition) is 5. The molecule has 0 amide bonds. The van der Waals surface area contributed by atoms with Crippen molar-refractivity contribution < 1.29 is 4.74 Å². The van der Waals surface area contributed by atoms with Gasteiger partial charge in [0.25, 0.3) is 0 Å². The SMILES string of the molecule is CNCc1cc(N2CCCN(C(C)C)CC2)ccc1Oc1ccc(S)cc1. The van der Waals surface area contributed by atoms with E-state index in [1.54, 1.807) is 0 Å². The van der Waals surface area contributed by atoms with Crippen LogP contribution in [0.2, 0.25) is 0 Å². The molecule has 0 unspecified atom stereocenters. The second-order valence-electron chi connectivity index (χ2n) is 7.39. The van der Waals surface area contributed by atoms with Gasteiger partial charge in [0.1, 0.15) is 11.5 Å². The number of ether oxygens (including phenoxy) is 1. The lowest BCUT2D eigenvalue weighted by Crippen LogP contribution is -2.35. The number of anilines is 1. The third-order valence-corrected chi connectivity index (χ3v) is 5.40. The van der Waals surface area contributed by atoms with Gasteiger partial charge in [-0.3, -0.25) is 4.90 Å². The van der Waals surface area contributed by atoms with Crippen molar-refractivity contribution in [3.8, 4) is 11.5 Å². The van der Waals surface area contributed by atoms with Crippen LogP contribution in [-0.4, -0.2) is 44.2 Å². The summed E-state index contributed by atoms with van der Waals surface area (Å²) in [7, 11) is 1.97. The maximum atomic E-state index is 6.13. The first-order valence-electron chi connectivity index (χ1n) is 9.80. The Morgan fingerprint density at radius 3 is 2.52 bits per heavy atom. The van der Waals surface area contributed by atoms with Crippen LogP contribution < -0.4 is 15.0 Å². The minimum atomic E-state index is 0.615. The van der Waals surface area contributed by atoms with Gasteiger partial charge in [-0.15, -0.1) is 12.6 Å². The predicted molar refractivity (Wildman–Crippen MR) is 117 cm³/mol. The van der Waals surface area contributed by atoms with Crippen LogP contribution in [0.3, 0.4) is 0 Å². The van der Waals surface area contributed by atoms with Crippen molar-refractivity contribution in [3.63, 3.8) is 0 Å². The Bertz CT molecular complexity index is 733. The first-order valence-corrected chi connectivity index (χ1v) is 10.2. The van der Waals surface area contributed by atoms with Gasteiger partial charge in [0.2, 0.25) is 0 Å². The van der Waals surface area contributed by atoms with Crippen molar-refractivity contribution in [2.24, 2.45) is 0 Å². The van der Waals surface area contributed by atoms with Crippen LogP contribution in [-0.2, 0) is 6.54 Å². The number of rotatable bonds is 6. The molecule has 0 aromatic heterocycles. The normalized spacial score (nSPS) is 15.8. The van der Waals surface area contributed by atoms with Gasteiger partial charge in [-0.1, -0.05) is 0 Å². The fraction of sp³-hybridized carbons (Fsp3) is 0.455. The molecule has 2 aromatic rings. The van der Waals surface area contributed by atoms with Crippen molar-refractivity contribution in [3.05, 3.63) is 48.0 Å². The monoisotopic (exact) mass is 385 g/mol. The van der Waals surface area contributed by atoms with Crippen molar-refractivity contribution >= 4 is 18.3 Å². The number of nitrogens with one attached hydrogen (secondary N) is 1. The average Bonchev–Trinajstić information content (AvgIpc) is 2.91. The Hall–Kier alpha value is -1.69. The van der Waals surface area contributed by atoms with Gasteiger partial charge in [-0.05, 0) is 69.8 Å². The largest absolute Gasteiger partial charge is 0.457 e. The first kappa shape index (κ1) is 20.1.